The highest BCUT2D eigenvalue weighted by Gasteiger charge is 1.99. The number of benzene rings is 1. The van der Waals surface area contributed by atoms with Crippen LogP contribution in [0.2, 0.25) is 0 Å². The molecule has 0 bridgehead atoms. The predicted molar refractivity (Wildman–Crippen MR) is 73.2 cm³/mol. The molecule has 2 aromatic rings. The molecule has 0 saturated heterocycles. The maximum Gasteiger partial charge on any atom is 0.204 e. The first kappa shape index (κ1) is 12.0. The van der Waals surface area contributed by atoms with Crippen LogP contribution >= 0.6 is 0 Å². The number of aromatic nitrogens is 1. The number of pyridine rings is 1. The second kappa shape index (κ2) is 6.30. The zero-order valence-corrected chi connectivity index (χ0v) is 9.86. The summed E-state index contributed by atoms with van der Waals surface area (Å²) in [5.41, 5.74) is 1.56. The zero-order valence-electron chi connectivity index (χ0n) is 9.86. The van der Waals surface area contributed by atoms with Crippen molar-refractivity contribution in [1.82, 2.24) is 4.98 Å². The van der Waals surface area contributed by atoms with Crippen molar-refractivity contribution in [3.8, 4) is 0 Å². The predicted octanol–water partition coefficient (Wildman–Crippen LogP) is 3.53. The van der Waals surface area contributed by atoms with Crippen molar-refractivity contribution in [3.05, 3.63) is 84.2 Å². The van der Waals surface area contributed by atoms with Gasteiger partial charge < -0.3 is 0 Å². The highest BCUT2D eigenvalue weighted by molar-refractivity contribution is 6.03. The number of hydrogen-bond donors (Lipinski definition) is 0. The molecule has 88 valence electrons. The van der Waals surface area contributed by atoms with Gasteiger partial charge in [0.05, 0.1) is 0 Å². The van der Waals surface area contributed by atoms with Crippen molar-refractivity contribution in [2.24, 2.45) is 0 Å². The monoisotopic (exact) mass is 235 g/mol. The molecule has 0 aliphatic heterocycles. The molecule has 0 unspecified atom stereocenters. The van der Waals surface area contributed by atoms with E-state index >= 15 is 0 Å². The smallest absolute Gasteiger partial charge is 0.204 e. The number of allylic oxidation sites excluding steroid dienone is 3. The summed E-state index contributed by atoms with van der Waals surface area (Å²) in [5, 5.41) is 0. The van der Waals surface area contributed by atoms with Crippen molar-refractivity contribution in [1.29, 1.82) is 0 Å². The van der Waals surface area contributed by atoms with Crippen molar-refractivity contribution >= 4 is 11.9 Å². The Hall–Kier alpha value is -2.48. The first-order chi connectivity index (χ1) is 8.86. The number of rotatable bonds is 4. The van der Waals surface area contributed by atoms with E-state index < -0.39 is 0 Å². The minimum Gasteiger partial charge on any atom is -0.288 e. The Morgan fingerprint density at radius 1 is 0.944 bits per heavy atom. The fourth-order valence-corrected chi connectivity index (χ4v) is 1.47. The second-order valence-corrected chi connectivity index (χ2v) is 3.71. The molecule has 1 aromatic carbocycles. The third kappa shape index (κ3) is 3.52. The molecule has 18 heavy (non-hydrogen) atoms. The van der Waals surface area contributed by atoms with Crippen LogP contribution in [0, 0.1) is 0 Å². The van der Waals surface area contributed by atoms with Crippen LogP contribution < -0.4 is 0 Å². The lowest BCUT2D eigenvalue weighted by Gasteiger charge is -1.91. The fraction of sp³-hybridized carbons (Fsp3) is 0. The van der Waals surface area contributed by atoms with E-state index in [0.717, 1.165) is 5.56 Å². The summed E-state index contributed by atoms with van der Waals surface area (Å²) >= 11 is 0. The van der Waals surface area contributed by atoms with Crippen LogP contribution in [0.4, 0.5) is 0 Å². The van der Waals surface area contributed by atoms with Crippen LogP contribution in [-0.4, -0.2) is 10.8 Å². The molecule has 2 rings (SSSR count). The van der Waals surface area contributed by atoms with E-state index in [2.05, 4.69) is 4.98 Å². The lowest BCUT2D eigenvalue weighted by Crippen LogP contribution is -1.96. The maximum atomic E-state index is 11.7. The molecule has 0 N–H and O–H groups in total. The second-order valence-electron chi connectivity index (χ2n) is 3.71. The molecule has 0 radical (unpaired) electrons. The molecule has 0 aliphatic rings. The normalized spacial score (nSPS) is 11.1. The van der Waals surface area contributed by atoms with Gasteiger partial charge in [0.15, 0.2) is 0 Å². The number of nitrogens with zero attached hydrogens (tertiary/aromatic N) is 1. The molecule has 0 aliphatic carbocycles. The zero-order chi connectivity index (χ0) is 12.6. The molecule has 0 saturated carbocycles. The summed E-state index contributed by atoms with van der Waals surface area (Å²) in [6, 6.07) is 15.2. The summed E-state index contributed by atoms with van der Waals surface area (Å²) < 4.78 is 0. The van der Waals surface area contributed by atoms with Crippen molar-refractivity contribution < 1.29 is 4.79 Å². The first-order valence-corrected chi connectivity index (χ1v) is 5.71. The summed E-state index contributed by atoms with van der Waals surface area (Å²) in [4.78, 5) is 15.7. The molecule has 1 aromatic heterocycles. The van der Waals surface area contributed by atoms with Crippen LogP contribution in [-0.2, 0) is 0 Å². The Balaban J connectivity index is 1.96. The average molecular weight is 235 g/mol. The van der Waals surface area contributed by atoms with E-state index in [1.807, 2.05) is 42.5 Å². The molecule has 0 atom stereocenters. The number of carbonyl (C=O) groups is 1. The topological polar surface area (TPSA) is 30.0 Å². The van der Waals surface area contributed by atoms with Gasteiger partial charge >= 0.3 is 0 Å². The molecular formula is C16H13NO. The quantitative estimate of drug-likeness (QED) is 0.461. The van der Waals surface area contributed by atoms with Gasteiger partial charge in [-0.15, -0.1) is 0 Å². The Morgan fingerprint density at radius 3 is 2.44 bits per heavy atom. The largest absolute Gasteiger partial charge is 0.288 e. The van der Waals surface area contributed by atoms with E-state index in [9.17, 15) is 4.79 Å². The standard InChI is InChI=1S/C16H13NO/c18-16(15-11-6-7-13-17-15)12-5-4-10-14-8-2-1-3-9-14/h1-13H/b10-4+,12-5+. The van der Waals surface area contributed by atoms with Crippen molar-refractivity contribution in [2.45, 2.75) is 0 Å². The Labute approximate surface area is 106 Å². The Kier molecular flexibility index (Phi) is 4.20. The van der Waals surface area contributed by atoms with Gasteiger partial charge in [-0.3, -0.25) is 9.78 Å². The van der Waals surface area contributed by atoms with Crippen LogP contribution in [0.15, 0.2) is 73.0 Å². The Bertz CT molecular complexity index is 556. The molecule has 1 heterocycles. The third-order valence-corrected chi connectivity index (χ3v) is 2.36. The van der Waals surface area contributed by atoms with Gasteiger partial charge in [-0.25, -0.2) is 0 Å². The number of hydrogen-bond acceptors (Lipinski definition) is 2. The fourth-order valence-electron chi connectivity index (χ4n) is 1.47. The van der Waals surface area contributed by atoms with Gasteiger partial charge in [0, 0.05) is 6.20 Å². The molecular weight excluding hydrogens is 222 g/mol. The number of carbonyl (C=O) groups excluding carboxylic acids is 1. The first-order valence-electron chi connectivity index (χ1n) is 5.71. The molecule has 0 fully saturated rings. The van der Waals surface area contributed by atoms with Gasteiger partial charge in [0.2, 0.25) is 5.78 Å². The lowest BCUT2D eigenvalue weighted by atomic mass is 10.2. The lowest BCUT2D eigenvalue weighted by molar-refractivity contribution is 0.104. The maximum absolute atomic E-state index is 11.7. The van der Waals surface area contributed by atoms with Gasteiger partial charge in [-0.05, 0) is 23.8 Å². The molecule has 2 heteroatoms. The SMILES string of the molecule is O=C(/C=C/C=C/c1ccccc1)c1ccccn1. The van der Waals surface area contributed by atoms with Gasteiger partial charge in [0.25, 0.3) is 0 Å². The van der Waals surface area contributed by atoms with E-state index in [1.165, 1.54) is 6.08 Å². The minimum atomic E-state index is -0.0895. The van der Waals surface area contributed by atoms with Gasteiger partial charge in [-0.2, -0.15) is 0 Å². The van der Waals surface area contributed by atoms with Crippen LogP contribution in [0.5, 0.6) is 0 Å². The van der Waals surface area contributed by atoms with E-state index in [1.54, 1.807) is 30.5 Å². The van der Waals surface area contributed by atoms with Crippen molar-refractivity contribution in [2.75, 3.05) is 0 Å². The summed E-state index contributed by atoms with van der Waals surface area (Å²) in [6.45, 7) is 0. The summed E-state index contributed by atoms with van der Waals surface area (Å²) in [6.07, 6.45) is 8.64. The number of ketones is 1. The van der Waals surface area contributed by atoms with Crippen LogP contribution in [0.1, 0.15) is 16.1 Å². The molecule has 0 spiro atoms. The van der Waals surface area contributed by atoms with E-state index in [4.69, 9.17) is 0 Å². The highest BCUT2D eigenvalue weighted by atomic mass is 16.1. The van der Waals surface area contributed by atoms with Crippen LogP contribution in [0.25, 0.3) is 6.08 Å². The van der Waals surface area contributed by atoms with Gasteiger partial charge in [0.1, 0.15) is 5.69 Å². The van der Waals surface area contributed by atoms with Crippen molar-refractivity contribution in [3.63, 3.8) is 0 Å². The molecule has 0 amide bonds. The minimum absolute atomic E-state index is 0.0895. The highest BCUT2D eigenvalue weighted by Crippen LogP contribution is 2.01. The van der Waals surface area contributed by atoms with E-state index in [-0.39, 0.29) is 5.78 Å². The average Bonchev–Trinajstić information content (AvgIpc) is 2.45. The summed E-state index contributed by atoms with van der Waals surface area (Å²) in [5.74, 6) is -0.0895. The van der Waals surface area contributed by atoms with E-state index in [0.29, 0.717) is 5.69 Å². The Morgan fingerprint density at radius 2 is 1.72 bits per heavy atom. The summed E-state index contributed by atoms with van der Waals surface area (Å²) in [7, 11) is 0. The molecule has 2 nitrogen and oxygen atoms in total. The third-order valence-electron chi connectivity index (χ3n) is 2.36. The van der Waals surface area contributed by atoms with Crippen LogP contribution in [0.3, 0.4) is 0 Å². The van der Waals surface area contributed by atoms with Gasteiger partial charge in [-0.1, -0.05) is 54.6 Å².